The number of ketones is 1. The summed E-state index contributed by atoms with van der Waals surface area (Å²) in [7, 11) is 0. The van der Waals surface area contributed by atoms with E-state index in [1.165, 1.54) is 20.8 Å². The summed E-state index contributed by atoms with van der Waals surface area (Å²) in [5, 5.41) is 0. The number of hydrogen-bond donors (Lipinski definition) is 0. The van der Waals surface area contributed by atoms with Crippen LogP contribution in [0.5, 0.6) is 0 Å². The van der Waals surface area contributed by atoms with Gasteiger partial charge in [-0.2, -0.15) is 0 Å². The van der Waals surface area contributed by atoms with Crippen LogP contribution in [0.25, 0.3) is 0 Å². The molecule has 0 aromatic carbocycles. The zero-order valence-electron chi connectivity index (χ0n) is 20.8. The highest BCUT2D eigenvalue weighted by Crippen LogP contribution is 2.82. The molecule has 0 N–H and O–H groups in total. The van der Waals surface area contributed by atoms with E-state index in [9.17, 15) is 19.2 Å². The summed E-state index contributed by atoms with van der Waals surface area (Å²) >= 11 is 0. The minimum atomic E-state index is -1.85. The second kappa shape index (κ2) is 6.73. The molecule has 4 saturated carbocycles. The minimum Gasteiger partial charge on any atom is -0.462 e. The molecule has 8 fully saturated rings. The predicted molar refractivity (Wildman–Crippen MR) is 117 cm³/mol. The average Bonchev–Trinajstić information content (AvgIpc) is 2.87. The van der Waals surface area contributed by atoms with Crippen LogP contribution in [0.4, 0.5) is 0 Å². The molecule has 0 amide bonds. The highest BCUT2D eigenvalue weighted by Gasteiger charge is 2.95. The SMILES string of the molecule is C=C1C(=O)[C@@]23[C@H]4O[C@H]5O[C@]2(OC(C)=O)[C@@H](OC(C)=O)[C@@H]2C(C)(C)CC[C@H](OC(C)=O)[C@]52[C@@H]3CC[C@@H]14. The fraction of sp³-hybridized carbons (Fsp3) is 0.769. The molecule has 0 aromatic rings. The van der Waals surface area contributed by atoms with Crippen molar-refractivity contribution in [2.45, 2.75) is 90.7 Å². The zero-order chi connectivity index (χ0) is 25.3. The third kappa shape index (κ3) is 2.33. The van der Waals surface area contributed by atoms with Crippen LogP contribution in [0, 0.1) is 34.0 Å². The molecule has 4 aliphatic carbocycles. The van der Waals surface area contributed by atoms with E-state index in [-0.39, 0.29) is 17.6 Å². The number of esters is 3. The molecule has 2 spiro atoms. The number of hydrogen-bond acceptors (Lipinski definition) is 9. The first-order chi connectivity index (χ1) is 16.4. The summed E-state index contributed by atoms with van der Waals surface area (Å²) in [4.78, 5) is 51.7. The molecule has 8 rings (SSSR count). The second-order valence-corrected chi connectivity index (χ2v) is 11.9. The van der Waals surface area contributed by atoms with Crippen molar-refractivity contribution < 1.29 is 42.9 Å². The first kappa shape index (κ1) is 23.2. The molecule has 4 saturated heterocycles. The van der Waals surface area contributed by atoms with E-state index in [0.717, 1.165) is 0 Å². The van der Waals surface area contributed by atoms with Crippen molar-refractivity contribution in [1.82, 2.24) is 0 Å². The summed E-state index contributed by atoms with van der Waals surface area (Å²) in [5.41, 5.74) is -2.40. The standard InChI is InChI=1S/C26H32O9/c1-11-15-7-8-16-24-17(31-12(2)27)9-10-23(5,6)18(24)21(32-13(3)28)26(34-14(4)29)25(16,19(11)30)20(15)33-22(24)35-26/h15-18,20-22H,1,7-10H2,2-6H3/t15-,16-,17-,18+,20-,21-,22-,24-,25-,26+/m0/s1. The predicted octanol–water partition coefficient (Wildman–Crippen LogP) is 2.45. The number of Topliss-reactive ketones (excluding diaryl/α,β-unsaturated/α-hetero) is 1. The van der Waals surface area contributed by atoms with Crippen molar-refractivity contribution in [3.8, 4) is 0 Å². The topological polar surface area (TPSA) is 114 Å². The lowest BCUT2D eigenvalue weighted by atomic mass is 9.34. The van der Waals surface area contributed by atoms with Gasteiger partial charge in [0.25, 0.3) is 5.79 Å². The third-order valence-electron chi connectivity index (χ3n) is 9.95. The summed E-state index contributed by atoms with van der Waals surface area (Å²) in [6.45, 7) is 12.2. The van der Waals surface area contributed by atoms with Crippen LogP contribution >= 0.6 is 0 Å². The van der Waals surface area contributed by atoms with Crippen LogP contribution in [0.2, 0.25) is 0 Å². The van der Waals surface area contributed by atoms with E-state index in [1.807, 2.05) is 0 Å². The molecule has 8 aliphatic rings. The van der Waals surface area contributed by atoms with Gasteiger partial charge in [-0.15, -0.1) is 0 Å². The Morgan fingerprint density at radius 1 is 1.00 bits per heavy atom. The van der Waals surface area contributed by atoms with E-state index in [2.05, 4.69) is 20.4 Å². The van der Waals surface area contributed by atoms with Crippen molar-refractivity contribution in [1.29, 1.82) is 0 Å². The zero-order valence-corrected chi connectivity index (χ0v) is 20.8. The van der Waals surface area contributed by atoms with Gasteiger partial charge in [-0.25, -0.2) is 0 Å². The van der Waals surface area contributed by atoms with Gasteiger partial charge in [0.15, 0.2) is 18.2 Å². The quantitative estimate of drug-likeness (QED) is 0.336. The van der Waals surface area contributed by atoms with E-state index < -0.39 is 70.5 Å². The van der Waals surface area contributed by atoms with Crippen molar-refractivity contribution in [3.05, 3.63) is 12.2 Å². The summed E-state index contributed by atoms with van der Waals surface area (Å²) in [6.07, 6.45) is -0.671. The van der Waals surface area contributed by atoms with Gasteiger partial charge in [0.05, 0.1) is 11.5 Å². The van der Waals surface area contributed by atoms with Gasteiger partial charge in [-0.1, -0.05) is 20.4 Å². The van der Waals surface area contributed by atoms with Crippen LogP contribution < -0.4 is 0 Å². The molecule has 10 atom stereocenters. The highest BCUT2D eigenvalue weighted by molar-refractivity contribution is 6.05. The van der Waals surface area contributed by atoms with E-state index in [4.69, 9.17) is 23.7 Å². The Hall–Kier alpha value is -2.26. The summed E-state index contributed by atoms with van der Waals surface area (Å²) < 4.78 is 31.2. The van der Waals surface area contributed by atoms with Crippen molar-refractivity contribution in [3.63, 3.8) is 0 Å². The Balaban J connectivity index is 1.70. The lowest BCUT2D eigenvalue weighted by Gasteiger charge is -2.80. The monoisotopic (exact) mass is 488 g/mol. The number of carbonyl (C=O) groups is 4. The van der Waals surface area contributed by atoms with Gasteiger partial charge in [0.1, 0.15) is 11.5 Å². The maximum atomic E-state index is 14.2. The van der Waals surface area contributed by atoms with Gasteiger partial charge in [-0.05, 0) is 42.6 Å². The Morgan fingerprint density at radius 3 is 2.31 bits per heavy atom. The first-order valence-corrected chi connectivity index (χ1v) is 12.5. The third-order valence-corrected chi connectivity index (χ3v) is 9.95. The molecular weight excluding hydrogens is 456 g/mol. The first-order valence-electron chi connectivity index (χ1n) is 12.5. The van der Waals surface area contributed by atoms with Crippen LogP contribution in [-0.2, 0) is 42.9 Å². The van der Waals surface area contributed by atoms with Crippen molar-refractivity contribution in [2.24, 2.45) is 34.0 Å². The largest absolute Gasteiger partial charge is 0.462 e. The van der Waals surface area contributed by atoms with Crippen LogP contribution in [0.15, 0.2) is 12.2 Å². The normalized spacial score (nSPS) is 49.9. The number of carbonyl (C=O) groups excluding carboxylic acids is 4. The van der Waals surface area contributed by atoms with Gasteiger partial charge >= 0.3 is 17.9 Å². The van der Waals surface area contributed by atoms with Crippen LogP contribution in [0.1, 0.15) is 60.3 Å². The van der Waals surface area contributed by atoms with Gasteiger partial charge in [0.2, 0.25) is 0 Å². The maximum Gasteiger partial charge on any atom is 0.305 e. The van der Waals surface area contributed by atoms with E-state index in [1.54, 1.807) is 0 Å². The molecule has 9 nitrogen and oxygen atoms in total. The van der Waals surface area contributed by atoms with Gasteiger partial charge in [0, 0.05) is 32.6 Å². The van der Waals surface area contributed by atoms with Crippen LogP contribution in [0.3, 0.4) is 0 Å². The molecule has 35 heavy (non-hydrogen) atoms. The summed E-state index contributed by atoms with van der Waals surface area (Å²) in [5.74, 6) is -4.82. The highest BCUT2D eigenvalue weighted by atomic mass is 16.8. The maximum absolute atomic E-state index is 14.2. The minimum absolute atomic E-state index is 0.240. The molecular formula is C26H32O9. The Morgan fingerprint density at radius 2 is 1.69 bits per heavy atom. The molecule has 9 heteroatoms. The van der Waals surface area contributed by atoms with Gasteiger partial charge < -0.3 is 23.7 Å². The Labute approximate surface area is 203 Å². The van der Waals surface area contributed by atoms with Crippen molar-refractivity contribution >= 4 is 23.7 Å². The average molecular weight is 489 g/mol. The molecule has 0 radical (unpaired) electrons. The molecule has 7 bridgehead atoms. The molecule has 0 aromatic heterocycles. The number of rotatable bonds is 3. The Kier molecular flexibility index (Phi) is 4.46. The lowest BCUT2D eigenvalue weighted by Crippen LogP contribution is -2.92. The molecule has 4 aliphatic heterocycles. The van der Waals surface area contributed by atoms with Gasteiger partial charge in [-0.3, -0.25) is 19.2 Å². The lowest BCUT2D eigenvalue weighted by molar-refractivity contribution is -0.553. The van der Waals surface area contributed by atoms with Crippen molar-refractivity contribution in [2.75, 3.05) is 0 Å². The summed E-state index contributed by atoms with van der Waals surface area (Å²) in [6, 6.07) is 0. The van der Waals surface area contributed by atoms with E-state index >= 15 is 0 Å². The fourth-order valence-electron chi connectivity index (χ4n) is 9.35. The Bertz CT molecular complexity index is 1080. The fourth-order valence-corrected chi connectivity index (χ4v) is 9.35. The smallest absolute Gasteiger partial charge is 0.305 e. The molecule has 4 heterocycles. The second-order valence-electron chi connectivity index (χ2n) is 11.9. The van der Waals surface area contributed by atoms with Crippen LogP contribution in [-0.4, -0.2) is 54.1 Å². The molecule has 190 valence electrons. The van der Waals surface area contributed by atoms with E-state index in [0.29, 0.717) is 31.3 Å². The molecule has 0 unspecified atom stereocenters. The number of ether oxygens (including phenoxy) is 5.